The molecule has 2 saturated carbocycles. The molecule has 1 heterocycles. The molecule has 2 bridgehead atoms. The molecule has 4 aliphatic rings. The summed E-state index contributed by atoms with van der Waals surface area (Å²) in [6.45, 7) is 11.3. The molecule has 1 aromatic carbocycles. The first-order valence-corrected chi connectivity index (χ1v) is 15.4. The number of ether oxygens (including phenoxy) is 4. The summed E-state index contributed by atoms with van der Waals surface area (Å²) in [7, 11) is 0. The second-order valence-corrected chi connectivity index (χ2v) is 13.7. The molecule has 0 amide bonds. The van der Waals surface area contributed by atoms with E-state index in [0.29, 0.717) is 17.6 Å². The molecule has 0 aromatic heterocycles. The van der Waals surface area contributed by atoms with Gasteiger partial charge >= 0.3 is 17.9 Å². The van der Waals surface area contributed by atoms with Crippen molar-refractivity contribution >= 4 is 23.7 Å². The SMILES string of the molecule is [3H]O[C@H]1C[C@H]2OC[C@@]2(OC(C)=O)C2[C@H](OC(=O)Cc3ccccc3)[C@]3(O)C[C@H](CC)C(C)=C([C@@H](OC(C)=O)C(=O)[C@@]21C)C3(C)C. The van der Waals surface area contributed by atoms with Crippen molar-refractivity contribution in [3.8, 4) is 0 Å². The van der Waals surface area contributed by atoms with E-state index in [1.807, 2.05) is 19.9 Å². The van der Waals surface area contributed by atoms with Crippen LogP contribution in [0.25, 0.3) is 0 Å². The highest BCUT2D eigenvalue weighted by Gasteiger charge is 2.78. The van der Waals surface area contributed by atoms with Crippen LogP contribution in [0.3, 0.4) is 0 Å². The van der Waals surface area contributed by atoms with E-state index in [2.05, 4.69) is 0 Å². The third-order valence-corrected chi connectivity index (χ3v) is 11.0. The van der Waals surface area contributed by atoms with Crippen LogP contribution in [0.1, 0.15) is 73.3 Å². The summed E-state index contributed by atoms with van der Waals surface area (Å²) in [5.74, 6) is -4.06. The van der Waals surface area contributed by atoms with Gasteiger partial charge in [-0.25, -0.2) is 0 Å². The minimum Gasteiger partial charge on any atom is -0.459 e. The first-order valence-electron chi connectivity index (χ1n) is 15.8. The summed E-state index contributed by atoms with van der Waals surface area (Å²) in [4.78, 5) is 54.3. The molecule has 240 valence electrons. The average Bonchev–Trinajstić information content (AvgIpc) is 2.96. The number of allylic oxidation sites excluding steroid dienone is 1. The third kappa shape index (κ3) is 4.63. The van der Waals surface area contributed by atoms with Crippen LogP contribution in [-0.4, -0.2) is 77.6 Å². The fraction of sp³-hybridized carbons (Fsp3) is 0.647. The van der Waals surface area contributed by atoms with E-state index in [1.165, 1.54) is 13.8 Å². The lowest BCUT2D eigenvalue weighted by atomic mass is 9.44. The van der Waals surface area contributed by atoms with E-state index in [0.717, 1.165) is 5.57 Å². The maximum absolute atomic E-state index is 15.1. The molecule has 2 N–H and O–H groups in total. The van der Waals surface area contributed by atoms with E-state index >= 15 is 4.79 Å². The minimum atomic E-state index is -1.85. The Morgan fingerprint density at radius 3 is 2.32 bits per heavy atom. The standard InChI is InChI=1S/C34H44O10/c1-8-22-16-34(40)30(43-25(38)14-21-12-10-9-11-13-21)28-32(7,23(37)15-24-33(28,17-41-24)44-20(4)36)29(39)27(42-19(3)35)26(18(22)2)31(34,5)6/h9-13,22-24,27-28,30,37,40H,8,14-17H2,1-7H3/t22-,23-,24+,27+,28?,30-,32+,33-,34+/m0/s1/i37T. The van der Waals surface area contributed by atoms with E-state index in [9.17, 15) is 19.5 Å². The third-order valence-electron chi connectivity index (χ3n) is 11.0. The number of carbonyl (C=O) groups is 4. The van der Waals surface area contributed by atoms with Gasteiger partial charge in [-0.2, -0.15) is 0 Å². The average molecular weight is 615 g/mol. The Labute approximate surface area is 259 Å². The number of esters is 3. The Morgan fingerprint density at radius 1 is 1.09 bits per heavy atom. The van der Waals surface area contributed by atoms with Crippen molar-refractivity contribution in [2.45, 2.75) is 110 Å². The monoisotopic (exact) mass is 614 g/mol. The van der Waals surface area contributed by atoms with Gasteiger partial charge in [-0.05, 0) is 43.7 Å². The van der Waals surface area contributed by atoms with Gasteiger partial charge in [0.1, 0.15) is 17.8 Å². The van der Waals surface area contributed by atoms with Crippen LogP contribution in [0, 0.1) is 22.7 Å². The minimum absolute atomic E-state index is 0.00439. The smallest absolute Gasteiger partial charge is 0.310 e. The van der Waals surface area contributed by atoms with Gasteiger partial charge in [0, 0.05) is 25.7 Å². The van der Waals surface area contributed by atoms with Crippen molar-refractivity contribution in [1.29, 1.82) is 1.43 Å². The molecule has 10 nitrogen and oxygen atoms in total. The van der Waals surface area contributed by atoms with Crippen LogP contribution in [0.15, 0.2) is 41.5 Å². The number of aliphatic hydroxyl groups excluding tert-OH is 1. The highest BCUT2D eigenvalue weighted by Crippen LogP contribution is 2.65. The Hall–Kier alpha value is -3.08. The Morgan fingerprint density at radius 2 is 1.77 bits per heavy atom. The first-order chi connectivity index (χ1) is 21.1. The van der Waals surface area contributed by atoms with Gasteiger partial charge in [0.05, 0.1) is 30.5 Å². The van der Waals surface area contributed by atoms with Crippen LogP contribution in [0.5, 0.6) is 0 Å². The van der Waals surface area contributed by atoms with Crippen molar-refractivity contribution in [3.05, 3.63) is 47.0 Å². The van der Waals surface area contributed by atoms with Gasteiger partial charge in [0.2, 0.25) is 1.43 Å². The molecule has 3 fully saturated rings. The topological polar surface area (TPSA) is 146 Å². The lowest BCUT2D eigenvalue weighted by Crippen LogP contribution is -2.81. The van der Waals surface area contributed by atoms with Crippen molar-refractivity contribution in [2.75, 3.05) is 6.61 Å². The number of aliphatic hydroxyl groups is 2. The molecule has 1 aromatic rings. The number of benzene rings is 1. The summed E-state index contributed by atoms with van der Waals surface area (Å²) in [5.41, 5.74) is -4.45. The van der Waals surface area contributed by atoms with Crippen LogP contribution < -0.4 is 0 Å². The second-order valence-electron chi connectivity index (χ2n) is 13.7. The van der Waals surface area contributed by atoms with E-state index in [4.69, 9.17) is 25.5 Å². The molecule has 1 unspecified atom stereocenters. The lowest BCUT2D eigenvalue weighted by Gasteiger charge is -2.67. The molecular formula is C34H44O10. The number of fused-ring (bicyclic) bond motifs is 5. The highest BCUT2D eigenvalue weighted by atomic mass is 16.6. The van der Waals surface area contributed by atoms with Crippen molar-refractivity contribution in [3.63, 3.8) is 0 Å². The van der Waals surface area contributed by atoms with Gasteiger partial charge in [-0.3, -0.25) is 19.2 Å². The second kappa shape index (κ2) is 11.1. The van der Waals surface area contributed by atoms with Crippen LogP contribution in [-0.2, 0) is 44.5 Å². The number of hydrogen-bond acceptors (Lipinski definition) is 10. The molecule has 9 atom stereocenters. The molecule has 0 radical (unpaired) electrons. The number of carbonyl (C=O) groups excluding carboxylic acids is 4. The number of ketones is 1. The molecule has 10 heteroatoms. The number of rotatable bonds is 7. The summed E-state index contributed by atoms with van der Waals surface area (Å²) in [6, 6.07) is 9.01. The molecular weight excluding hydrogens is 568 g/mol. The Balaban J connectivity index is 1.82. The van der Waals surface area contributed by atoms with Crippen LogP contribution in [0.4, 0.5) is 0 Å². The zero-order valence-corrected chi connectivity index (χ0v) is 26.5. The Kier molecular flexibility index (Phi) is 7.78. The number of Topliss-reactive ketones (excluding diaryl/α,β-unsaturated/α-hetero) is 1. The first kappa shape index (κ1) is 30.9. The zero-order chi connectivity index (χ0) is 33.1. The van der Waals surface area contributed by atoms with Gasteiger partial charge < -0.3 is 29.2 Å². The number of hydrogen-bond donors (Lipinski definition) is 2. The van der Waals surface area contributed by atoms with Gasteiger partial charge in [-0.1, -0.05) is 56.7 Å². The quantitative estimate of drug-likeness (QED) is 0.267. The van der Waals surface area contributed by atoms with Crippen molar-refractivity contribution in [2.24, 2.45) is 22.7 Å². The zero-order valence-electron chi connectivity index (χ0n) is 27.5. The lowest BCUT2D eigenvalue weighted by molar-refractivity contribution is -0.347. The van der Waals surface area contributed by atoms with E-state index in [-0.39, 0.29) is 31.8 Å². The van der Waals surface area contributed by atoms with Gasteiger partial charge in [0.15, 0.2) is 17.5 Å². The largest absolute Gasteiger partial charge is 0.459 e. The van der Waals surface area contributed by atoms with Gasteiger partial charge in [-0.15, -0.1) is 0 Å². The molecule has 44 heavy (non-hydrogen) atoms. The summed E-state index contributed by atoms with van der Waals surface area (Å²) >= 11 is 0. The van der Waals surface area contributed by atoms with Crippen molar-refractivity contribution < 1.29 is 48.3 Å². The summed E-state index contributed by atoms with van der Waals surface area (Å²) < 4.78 is 32.3. The maximum atomic E-state index is 15.1. The molecule has 3 aliphatic carbocycles. The molecule has 1 saturated heterocycles. The molecule has 1 aliphatic heterocycles. The predicted molar refractivity (Wildman–Crippen MR) is 157 cm³/mol. The Bertz CT molecular complexity index is 1410. The summed E-state index contributed by atoms with van der Waals surface area (Å²) in [5, 5.41) is 18.5. The summed E-state index contributed by atoms with van der Waals surface area (Å²) in [6.07, 6.45) is -4.18. The van der Waals surface area contributed by atoms with E-state index in [1.54, 1.807) is 45.0 Å². The molecule has 5 rings (SSSR count). The molecule has 0 spiro atoms. The predicted octanol–water partition coefficient (Wildman–Crippen LogP) is 3.25. The fourth-order valence-electron chi connectivity index (χ4n) is 8.64. The highest BCUT2D eigenvalue weighted by molar-refractivity contribution is 5.95. The normalized spacial score (nSPS) is 39.4. The van der Waals surface area contributed by atoms with Crippen LogP contribution in [0.2, 0.25) is 0 Å². The maximum Gasteiger partial charge on any atom is 0.310 e. The van der Waals surface area contributed by atoms with E-state index < -0.39 is 76.1 Å². The van der Waals surface area contributed by atoms with Gasteiger partial charge in [0.25, 0.3) is 0 Å². The van der Waals surface area contributed by atoms with Crippen LogP contribution >= 0.6 is 0 Å². The fourth-order valence-corrected chi connectivity index (χ4v) is 8.64. The van der Waals surface area contributed by atoms with Crippen molar-refractivity contribution in [1.82, 2.24) is 0 Å².